The summed E-state index contributed by atoms with van der Waals surface area (Å²) in [4.78, 5) is 32.3. The SMILES string of the molecule is CNC(C)c1cccc(C(=O)N2CCCC2c2cncc(C(=O)c3ccc(F)cc3)c2)c1. The number of nitrogens with one attached hydrogen (secondary N) is 1. The molecular weight excluding hydrogens is 405 g/mol. The molecule has 0 saturated carbocycles. The van der Waals surface area contributed by atoms with Gasteiger partial charge in [-0.3, -0.25) is 14.6 Å². The predicted octanol–water partition coefficient (Wildman–Crippen LogP) is 4.71. The second-order valence-electron chi connectivity index (χ2n) is 8.14. The Morgan fingerprint density at radius 1 is 1.06 bits per heavy atom. The van der Waals surface area contributed by atoms with E-state index in [4.69, 9.17) is 0 Å². The number of ketones is 1. The number of pyridine rings is 1. The molecule has 1 amide bonds. The van der Waals surface area contributed by atoms with E-state index in [1.165, 1.54) is 30.5 Å². The molecule has 164 valence electrons. The molecule has 2 heterocycles. The van der Waals surface area contributed by atoms with Gasteiger partial charge in [-0.1, -0.05) is 12.1 Å². The minimum absolute atomic E-state index is 0.0204. The van der Waals surface area contributed by atoms with Crippen LogP contribution in [0.3, 0.4) is 0 Å². The molecule has 2 aromatic carbocycles. The number of rotatable bonds is 6. The van der Waals surface area contributed by atoms with Crippen molar-refractivity contribution in [3.8, 4) is 0 Å². The van der Waals surface area contributed by atoms with E-state index in [9.17, 15) is 14.0 Å². The summed E-state index contributed by atoms with van der Waals surface area (Å²) < 4.78 is 13.2. The Morgan fingerprint density at radius 2 is 1.84 bits per heavy atom. The van der Waals surface area contributed by atoms with E-state index >= 15 is 0 Å². The summed E-state index contributed by atoms with van der Waals surface area (Å²) in [5.74, 6) is -0.626. The summed E-state index contributed by atoms with van der Waals surface area (Å²) in [6.07, 6.45) is 4.93. The molecule has 2 unspecified atom stereocenters. The number of halogens is 1. The molecule has 0 bridgehead atoms. The number of aromatic nitrogens is 1. The number of likely N-dealkylation sites (tertiary alicyclic amines) is 1. The van der Waals surface area contributed by atoms with Crippen molar-refractivity contribution >= 4 is 11.7 Å². The normalized spacial score (nSPS) is 16.7. The van der Waals surface area contributed by atoms with Gasteiger partial charge in [0, 0.05) is 41.7 Å². The van der Waals surface area contributed by atoms with Crippen molar-refractivity contribution < 1.29 is 14.0 Å². The monoisotopic (exact) mass is 431 g/mol. The van der Waals surface area contributed by atoms with Crippen molar-refractivity contribution in [2.24, 2.45) is 0 Å². The number of hydrogen-bond donors (Lipinski definition) is 1. The molecule has 5 nitrogen and oxygen atoms in total. The Labute approximate surface area is 187 Å². The average molecular weight is 432 g/mol. The van der Waals surface area contributed by atoms with Crippen LogP contribution in [0.15, 0.2) is 67.0 Å². The van der Waals surface area contributed by atoms with Crippen molar-refractivity contribution in [1.29, 1.82) is 0 Å². The molecule has 1 N–H and O–H groups in total. The lowest BCUT2D eigenvalue weighted by molar-refractivity contribution is 0.0735. The molecule has 0 radical (unpaired) electrons. The smallest absolute Gasteiger partial charge is 0.254 e. The van der Waals surface area contributed by atoms with Gasteiger partial charge in [0.05, 0.1) is 6.04 Å². The topological polar surface area (TPSA) is 62.3 Å². The highest BCUT2D eigenvalue weighted by molar-refractivity contribution is 6.08. The van der Waals surface area contributed by atoms with Gasteiger partial charge < -0.3 is 10.2 Å². The van der Waals surface area contributed by atoms with Crippen molar-refractivity contribution in [3.05, 3.63) is 101 Å². The lowest BCUT2D eigenvalue weighted by Crippen LogP contribution is -2.31. The van der Waals surface area contributed by atoms with Crippen molar-refractivity contribution in [1.82, 2.24) is 15.2 Å². The fraction of sp³-hybridized carbons (Fsp3) is 0.269. The molecule has 3 aromatic rings. The fourth-order valence-electron chi connectivity index (χ4n) is 4.16. The zero-order valence-electron chi connectivity index (χ0n) is 18.2. The van der Waals surface area contributed by atoms with E-state index in [2.05, 4.69) is 17.2 Å². The number of carbonyl (C=O) groups excluding carboxylic acids is 2. The highest BCUT2D eigenvalue weighted by atomic mass is 19.1. The van der Waals surface area contributed by atoms with Crippen LogP contribution in [-0.4, -0.2) is 35.2 Å². The molecule has 1 saturated heterocycles. The van der Waals surface area contributed by atoms with E-state index in [1.54, 1.807) is 12.3 Å². The molecule has 6 heteroatoms. The van der Waals surface area contributed by atoms with Gasteiger partial charge in [0.2, 0.25) is 0 Å². The minimum atomic E-state index is -0.387. The van der Waals surface area contributed by atoms with Crippen LogP contribution in [0.4, 0.5) is 4.39 Å². The maximum Gasteiger partial charge on any atom is 0.254 e. The van der Waals surface area contributed by atoms with Gasteiger partial charge in [-0.25, -0.2) is 4.39 Å². The van der Waals surface area contributed by atoms with Gasteiger partial charge in [-0.15, -0.1) is 0 Å². The zero-order chi connectivity index (χ0) is 22.7. The van der Waals surface area contributed by atoms with E-state index in [0.717, 1.165) is 24.0 Å². The molecule has 1 aromatic heterocycles. The Balaban J connectivity index is 1.59. The molecule has 1 fully saturated rings. The van der Waals surface area contributed by atoms with Crippen LogP contribution >= 0.6 is 0 Å². The van der Waals surface area contributed by atoms with Crippen LogP contribution in [0, 0.1) is 5.82 Å². The molecular formula is C26H26FN3O2. The first-order valence-electron chi connectivity index (χ1n) is 10.8. The summed E-state index contributed by atoms with van der Waals surface area (Å²) in [7, 11) is 1.89. The van der Waals surface area contributed by atoms with Gasteiger partial charge in [0.15, 0.2) is 5.78 Å². The molecule has 2 atom stereocenters. The van der Waals surface area contributed by atoms with Crippen LogP contribution in [0.1, 0.15) is 69.3 Å². The van der Waals surface area contributed by atoms with Crippen LogP contribution in [0.2, 0.25) is 0 Å². The first-order chi connectivity index (χ1) is 15.5. The van der Waals surface area contributed by atoms with E-state index < -0.39 is 0 Å². The summed E-state index contributed by atoms with van der Waals surface area (Å²) in [5.41, 5.74) is 3.38. The van der Waals surface area contributed by atoms with Gasteiger partial charge in [0.1, 0.15) is 5.82 Å². The maximum absolute atomic E-state index is 13.3. The lowest BCUT2D eigenvalue weighted by Gasteiger charge is -2.25. The van der Waals surface area contributed by atoms with Crippen molar-refractivity contribution in [3.63, 3.8) is 0 Å². The Kier molecular flexibility index (Phi) is 6.42. The highest BCUT2D eigenvalue weighted by Crippen LogP contribution is 2.33. The lowest BCUT2D eigenvalue weighted by atomic mass is 9.99. The Morgan fingerprint density at radius 3 is 2.59 bits per heavy atom. The fourth-order valence-corrected chi connectivity index (χ4v) is 4.16. The second-order valence-corrected chi connectivity index (χ2v) is 8.14. The number of nitrogens with zero attached hydrogens (tertiary/aromatic N) is 2. The third-order valence-electron chi connectivity index (χ3n) is 6.09. The maximum atomic E-state index is 13.3. The van der Waals surface area contributed by atoms with Gasteiger partial charge in [0.25, 0.3) is 5.91 Å². The first kappa shape index (κ1) is 21.8. The first-order valence-corrected chi connectivity index (χ1v) is 10.8. The number of benzene rings is 2. The highest BCUT2D eigenvalue weighted by Gasteiger charge is 2.31. The second kappa shape index (κ2) is 9.40. The van der Waals surface area contributed by atoms with Gasteiger partial charge in [-0.2, -0.15) is 0 Å². The number of amides is 1. The quantitative estimate of drug-likeness (QED) is 0.574. The number of carbonyl (C=O) groups is 2. The largest absolute Gasteiger partial charge is 0.332 e. The molecule has 4 rings (SSSR count). The summed E-state index contributed by atoms with van der Waals surface area (Å²) >= 11 is 0. The Hall–Kier alpha value is -3.38. The average Bonchev–Trinajstić information content (AvgIpc) is 3.33. The molecule has 1 aliphatic heterocycles. The molecule has 32 heavy (non-hydrogen) atoms. The van der Waals surface area contributed by atoms with Crippen LogP contribution in [0.5, 0.6) is 0 Å². The minimum Gasteiger partial charge on any atom is -0.332 e. The van der Waals surface area contributed by atoms with E-state index in [0.29, 0.717) is 23.2 Å². The van der Waals surface area contributed by atoms with Gasteiger partial charge in [-0.05, 0) is 80.4 Å². The van der Waals surface area contributed by atoms with Crippen molar-refractivity contribution in [2.75, 3.05) is 13.6 Å². The summed E-state index contributed by atoms with van der Waals surface area (Å²) in [5, 5.41) is 3.20. The van der Waals surface area contributed by atoms with E-state index in [1.807, 2.05) is 36.2 Å². The van der Waals surface area contributed by atoms with Crippen LogP contribution in [-0.2, 0) is 0 Å². The summed E-state index contributed by atoms with van der Waals surface area (Å²) in [6, 6.07) is 15.0. The summed E-state index contributed by atoms with van der Waals surface area (Å²) in [6.45, 7) is 2.71. The zero-order valence-corrected chi connectivity index (χ0v) is 18.2. The van der Waals surface area contributed by atoms with Gasteiger partial charge >= 0.3 is 0 Å². The van der Waals surface area contributed by atoms with Crippen LogP contribution in [0.25, 0.3) is 0 Å². The molecule has 0 spiro atoms. The Bertz CT molecular complexity index is 1130. The van der Waals surface area contributed by atoms with Crippen LogP contribution < -0.4 is 5.32 Å². The molecule has 0 aliphatic carbocycles. The third-order valence-corrected chi connectivity index (χ3v) is 6.09. The predicted molar refractivity (Wildman–Crippen MR) is 121 cm³/mol. The molecule has 1 aliphatic rings. The van der Waals surface area contributed by atoms with E-state index in [-0.39, 0.29) is 29.6 Å². The number of hydrogen-bond acceptors (Lipinski definition) is 4. The third kappa shape index (κ3) is 4.46. The van der Waals surface area contributed by atoms with Crippen molar-refractivity contribution in [2.45, 2.75) is 31.8 Å². The standard InChI is InChI=1S/C26H26FN3O2/c1-17(28-2)19-5-3-6-20(13-19)26(32)30-12-4-7-24(30)21-14-22(16-29-15-21)25(31)18-8-10-23(27)11-9-18/h3,5-6,8-11,13-17,24,28H,4,7,12H2,1-2H3.